The Kier molecular flexibility index (Phi) is 4.51. The maximum absolute atomic E-state index is 5.90. The van der Waals surface area contributed by atoms with E-state index in [9.17, 15) is 0 Å². The van der Waals surface area contributed by atoms with Crippen molar-refractivity contribution in [3.63, 3.8) is 0 Å². The van der Waals surface area contributed by atoms with Crippen LogP contribution in [0.4, 0.5) is 0 Å². The van der Waals surface area contributed by atoms with Crippen LogP contribution in [0.15, 0.2) is 40.8 Å². The summed E-state index contributed by atoms with van der Waals surface area (Å²) in [5.74, 6) is 2.57. The Morgan fingerprint density at radius 3 is 2.33 bits per heavy atom. The predicted octanol–water partition coefficient (Wildman–Crippen LogP) is 4.25. The number of hydrogen-bond donors (Lipinski definition) is 0. The molecular weight excluding hydrogens is 304 g/mol. The maximum Gasteiger partial charge on any atom is 0.254 e. The summed E-state index contributed by atoms with van der Waals surface area (Å²) >= 11 is 0. The first-order chi connectivity index (χ1) is 11.6. The third-order valence-corrected chi connectivity index (χ3v) is 4.02. The molecule has 3 rings (SSSR count). The molecule has 0 amide bonds. The third-order valence-electron chi connectivity index (χ3n) is 4.02. The summed E-state index contributed by atoms with van der Waals surface area (Å²) in [5, 5.41) is 8.14. The second-order valence-electron chi connectivity index (χ2n) is 5.67. The summed E-state index contributed by atoms with van der Waals surface area (Å²) in [6.07, 6.45) is 0. The molecule has 0 aliphatic rings. The van der Waals surface area contributed by atoms with Gasteiger partial charge in [0.05, 0.1) is 7.11 Å². The van der Waals surface area contributed by atoms with Crippen LogP contribution in [0.1, 0.15) is 22.6 Å². The normalized spacial score (nSPS) is 10.7. The van der Waals surface area contributed by atoms with Gasteiger partial charge in [0.15, 0.2) is 6.61 Å². The zero-order chi connectivity index (χ0) is 17.1. The fraction of sp³-hybridized carbons (Fsp3) is 0.263. The Labute approximate surface area is 141 Å². The van der Waals surface area contributed by atoms with Gasteiger partial charge in [0, 0.05) is 5.56 Å². The number of nitrogens with zero attached hydrogens (tertiary/aromatic N) is 2. The van der Waals surface area contributed by atoms with E-state index in [0.717, 1.165) is 28.2 Å². The molecule has 0 atom stereocenters. The zero-order valence-electron chi connectivity index (χ0n) is 14.3. The van der Waals surface area contributed by atoms with E-state index in [-0.39, 0.29) is 6.61 Å². The standard InChI is InChI=1S/C19H20N2O3/c1-12-5-6-13(2)18(14(12)3)23-11-17-20-21-19(24-17)15-7-9-16(22-4)10-8-15/h5-10H,11H2,1-4H3. The quantitative estimate of drug-likeness (QED) is 0.702. The van der Waals surface area contributed by atoms with Crippen LogP contribution in [0, 0.1) is 20.8 Å². The highest BCUT2D eigenvalue weighted by atomic mass is 16.5. The molecule has 5 heteroatoms. The van der Waals surface area contributed by atoms with Crippen LogP contribution in [0.5, 0.6) is 11.5 Å². The van der Waals surface area contributed by atoms with Crippen molar-refractivity contribution in [1.82, 2.24) is 10.2 Å². The van der Waals surface area contributed by atoms with E-state index >= 15 is 0 Å². The van der Waals surface area contributed by atoms with Crippen LogP contribution in [0.3, 0.4) is 0 Å². The summed E-state index contributed by atoms with van der Waals surface area (Å²) in [4.78, 5) is 0. The minimum atomic E-state index is 0.244. The van der Waals surface area contributed by atoms with E-state index in [4.69, 9.17) is 13.9 Å². The van der Waals surface area contributed by atoms with Crippen molar-refractivity contribution in [2.45, 2.75) is 27.4 Å². The SMILES string of the molecule is COc1ccc(-c2nnc(COc3c(C)ccc(C)c3C)o2)cc1. The molecule has 0 spiro atoms. The van der Waals surface area contributed by atoms with Gasteiger partial charge < -0.3 is 13.9 Å². The van der Waals surface area contributed by atoms with Gasteiger partial charge in [-0.2, -0.15) is 0 Å². The lowest BCUT2D eigenvalue weighted by Gasteiger charge is -2.12. The largest absolute Gasteiger partial charge is 0.497 e. The summed E-state index contributed by atoms with van der Waals surface area (Å²) in [6, 6.07) is 11.6. The van der Waals surface area contributed by atoms with Gasteiger partial charge in [-0.25, -0.2) is 0 Å². The molecule has 24 heavy (non-hydrogen) atoms. The Bertz CT molecular complexity index is 838. The van der Waals surface area contributed by atoms with Gasteiger partial charge in [-0.1, -0.05) is 12.1 Å². The lowest BCUT2D eigenvalue weighted by molar-refractivity contribution is 0.261. The molecule has 0 aliphatic heterocycles. The second-order valence-corrected chi connectivity index (χ2v) is 5.67. The third kappa shape index (κ3) is 3.25. The van der Waals surface area contributed by atoms with Crippen LogP contribution in [0.2, 0.25) is 0 Å². The number of methoxy groups -OCH3 is 1. The summed E-state index contributed by atoms with van der Waals surface area (Å²) in [7, 11) is 1.63. The van der Waals surface area contributed by atoms with Crippen LogP contribution >= 0.6 is 0 Å². The number of ether oxygens (including phenoxy) is 2. The number of benzene rings is 2. The van der Waals surface area contributed by atoms with Crippen LogP contribution < -0.4 is 9.47 Å². The molecule has 2 aromatic carbocycles. The molecule has 5 nitrogen and oxygen atoms in total. The first kappa shape index (κ1) is 16.1. The van der Waals surface area contributed by atoms with Crippen LogP contribution in [-0.2, 0) is 6.61 Å². The van der Waals surface area contributed by atoms with E-state index in [1.54, 1.807) is 7.11 Å². The Morgan fingerprint density at radius 2 is 1.62 bits per heavy atom. The first-order valence-electron chi connectivity index (χ1n) is 7.75. The molecule has 0 saturated heterocycles. The molecule has 1 aromatic heterocycles. The van der Waals surface area contributed by atoms with Gasteiger partial charge in [0.2, 0.25) is 5.89 Å². The molecule has 0 saturated carbocycles. The van der Waals surface area contributed by atoms with Crippen molar-refractivity contribution in [2.75, 3.05) is 7.11 Å². The lowest BCUT2D eigenvalue weighted by Crippen LogP contribution is -2.00. The summed E-state index contributed by atoms with van der Waals surface area (Å²) in [5.41, 5.74) is 4.26. The van der Waals surface area contributed by atoms with E-state index in [1.165, 1.54) is 5.56 Å². The molecule has 0 aliphatic carbocycles. The zero-order valence-corrected chi connectivity index (χ0v) is 14.3. The molecule has 0 bridgehead atoms. The van der Waals surface area contributed by atoms with E-state index in [1.807, 2.05) is 44.2 Å². The molecule has 0 radical (unpaired) electrons. The minimum absolute atomic E-state index is 0.244. The average molecular weight is 324 g/mol. The van der Waals surface area contributed by atoms with Gasteiger partial charge in [0.25, 0.3) is 5.89 Å². The topological polar surface area (TPSA) is 57.4 Å². The van der Waals surface area contributed by atoms with Gasteiger partial charge in [-0.15, -0.1) is 10.2 Å². The van der Waals surface area contributed by atoms with E-state index in [0.29, 0.717) is 11.8 Å². The molecule has 124 valence electrons. The molecule has 1 heterocycles. The van der Waals surface area contributed by atoms with Crippen molar-refractivity contribution in [3.05, 3.63) is 59.0 Å². The predicted molar refractivity (Wildman–Crippen MR) is 91.3 cm³/mol. The average Bonchev–Trinajstić information content (AvgIpc) is 3.07. The number of aryl methyl sites for hydroxylation is 2. The summed E-state index contributed by atoms with van der Waals surface area (Å²) < 4.78 is 16.7. The monoisotopic (exact) mass is 324 g/mol. The lowest BCUT2D eigenvalue weighted by atomic mass is 10.1. The van der Waals surface area contributed by atoms with E-state index < -0.39 is 0 Å². The van der Waals surface area contributed by atoms with E-state index in [2.05, 4.69) is 23.2 Å². The highest BCUT2D eigenvalue weighted by molar-refractivity contribution is 5.54. The number of hydrogen-bond acceptors (Lipinski definition) is 5. The van der Waals surface area contributed by atoms with Crippen molar-refractivity contribution in [3.8, 4) is 23.0 Å². The highest BCUT2D eigenvalue weighted by Crippen LogP contribution is 2.27. The van der Waals surface area contributed by atoms with Crippen molar-refractivity contribution in [2.24, 2.45) is 0 Å². The molecule has 0 unspecified atom stereocenters. The van der Waals surface area contributed by atoms with Crippen LogP contribution in [-0.4, -0.2) is 17.3 Å². The fourth-order valence-corrected chi connectivity index (χ4v) is 2.44. The first-order valence-corrected chi connectivity index (χ1v) is 7.75. The van der Waals surface area contributed by atoms with Crippen LogP contribution in [0.25, 0.3) is 11.5 Å². The molecule has 3 aromatic rings. The summed E-state index contributed by atoms with van der Waals surface area (Å²) in [6.45, 7) is 6.39. The number of rotatable bonds is 5. The molecule has 0 N–H and O–H groups in total. The minimum Gasteiger partial charge on any atom is -0.497 e. The Morgan fingerprint density at radius 1 is 0.917 bits per heavy atom. The molecular formula is C19H20N2O3. The smallest absolute Gasteiger partial charge is 0.254 e. The highest BCUT2D eigenvalue weighted by Gasteiger charge is 2.12. The van der Waals surface area contributed by atoms with Crippen molar-refractivity contribution >= 4 is 0 Å². The Balaban J connectivity index is 1.74. The van der Waals surface area contributed by atoms with Gasteiger partial charge in [-0.05, 0) is 61.7 Å². The van der Waals surface area contributed by atoms with Gasteiger partial charge in [0.1, 0.15) is 11.5 Å². The maximum atomic E-state index is 5.90. The van der Waals surface area contributed by atoms with Gasteiger partial charge >= 0.3 is 0 Å². The number of aromatic nitrogens is 2. The van der Waals surface area contributed by atoms with Crippen molar-refractivity contribution in [1.29, 1.82) is 0 Å². The van der Waals surface area contributed by atoms with Gasteiger partial charge in [-0.3, -0.25) is 0 Å². The Hall–Kier alpha value is -2.82. The second kappa shape index (κ2) is 6.74. The van der Waals surface area contributed by atoms with Crippen molar-refractivity contribution < 1.29 is 13.9 Å². The fourth-order valence-electron chi connectivity index (χ4n) is 2.44. The molecule has 0 fully saturated rings.